The van der Waals surface area contributed by atoms with E-state index in [1.165, 1.54) is 44.5 Å². The van der Waals surface area contributed by atoms with Crippen LogP contribution in [0.2, 0.25) is 0 Å². The molecule has 35 heavy (non-hydrogen) atoms. The Bertz CT molecular complexity index is 1380. The molecular formula is C29H30ClN3O2. The lowest BCUT2D eigenvalue weighted by Gasteiger charge is -2.33. The fourth-order valence-corrected chi connectivity index (χ4v) is 5.50. The van der Waals surface area contributed by atoms with Gasteiger partial charge < -0.3 is 18.9 Å². The molecule has 0 saturated carbocycles. The third-order valence-electron chi connectivity index (χ3n) is 7.37. The maximum atomic E-state index is 6.03. The van der Waals surface area contributed by atoms with Crippen molar-refractivity contribution in [3.63, 3.8) is 0 Å². The lowest BCUT2D eigenvalue weighted by Crippen LogP contribution is -2.31. The number of nitrogens with zero attached hydrogens (tertiary/aromatic N) is 3. The fraction of sp³-hybridized carbons (Fsp3) is 0.276. The average Bonchev–Trinajstić information content (AvgIpc) is 3.15. The van der Waals surface area contributed by atoms with E-state index in [4.69, 9.17) is 9.47 Å². The highest BCUT2D eigenvalue weighted by atomic mass is 35.5. The number of allylic oxidation sites excluding steroid dienone is 4. The standard InChI is InChI=1S/C29H29N3O2.ClH/c1-20-21(2)32(28(23-9-4-3-5-10-23)27-19-33-14-15-34-27)29-25(20)16-30-17-26(29)31-13-12-22-8-6-7-11-24(22)18-31;/h3-4,6-9,11,14-17,19,28H,5,10,12-13,18H2,1-2H3;1H. The molecule has 0 N–H and O–H groups in total. The predicted octanol–water partition coefficient (Wildman–Crippen LogP) is 6.81. The highest BCUT2D eigenvalue weighted by molar-refractivity contribution is 5.95. The third-order valence-corrected chi connectivity index (χ3v) is 7.37. The average molecular weight is 488 g/mol. The van der Waals surface area contributed by atoms with Gasteiger partial charge in [0.25, 0.3) is 0 Å². The summed E-state index contributed by atoms with van der Waals surface area (Å²) in [7, 11) is 0. The van der Waals surface area contributed by atoms with Gasteiger partial charge in [-0.2, -0.15) is 0 Å². The fourth-order valence-electron chi connectivity index (χ4n) is 5.50. The lowest BCUT2D eigenvalue weighted by atomic mass is 9.95. The minimum absolute atomic E-state index is 0. The first kappa shape index (κ1) is 23.3. The van der Waals surface area contributed by atoms with Crippen molar-refractivity contribution in [3.05, 3.63) is 107 Å². The molecule has 0 spiro atoms. The van der Waals surface area contributed by atoms with Crippen molar-refractivity contribution in [2.75, 3.05) is 11.4 Å². The summed E-state index contributed by atoms with van der Waals surface area (Å²) in [6.07, 6.45) is 18.6. The number of ether oxygens (including phenoxy) is 2. The van der Waals surface area contributed by atoms with Gasteiger partial charge >= 0.3 is 0 Å². The van der Waals surface area contributed by atoms with Crippen molar-refractivity contribution < 1.29 is 9.47 Å². The Labute approximate surface area is 212 Å². The Morgan fingerprint density at radius 3 is 2.66 bits per heavy atom. The number of hydrogen-bond acceptors (Lipinski definition) is 4. The molecule has 0 bridgehead atoms. The summed E-state index contributed by atoms with van der Waals surface area (Å²) in [5.74, 6) is 0.802. The molecule has 5 nitrogen and oxygen atoms in total. The maximum Gasteiger partial charge on any atom is 0.165 e. The Morgan fingerprint density at radius 1 is 1.03 bits per heavy atom. The van der Waals surface area contributed by atoms with Crippen LogP contribution in [0.15, 0.2) is 85.0 Å². The molecule has 2 aliphatic heterocycles. The minimum Gasteiger partial charge on any atom is -0.466 e. The van der Waals surface area contributed by atoms with E-state index in [0.29, 0.717) is 0 Å². The van der Waals surface area contributed by atoms with Crippen LogP contribution < -0.4 is 4.90 Å². The molecule has 0 amide bonds. The number of aromatic nitrogens is 2. The number of pyridine rings is 1. The topological polar surface area (TPSA) is 39.5 Å². The molecule has 6 heteroatoms. The van der Waals surface area contributed by atoms with E-state index in [0.717, 1.165) is 38.1 Å². The van der Waals surface area contributed by atoms with E-state index in [-0.39, 0.29) is 18.4 Å². The second kappa shape index (κ2) is 9.67. The van der Waals surface area contributed by atoms with Crippen LogP contribution in [0.3, 0.4) is 0 Å². The molecule has 3 aromatic rings. The number of aryl methyl sites for hydroxylation is 1. The van der Waals surface area contributed by atoms with Gasteiger partial charge in [-0.15, -0.1) is 12.4 Å². The molecule has 0 radical (unpaired) electrons. The molecule has 3 aliphatic rings. The Balaban J connectivity index is 0.00000253. The number of halogens is 1. The number of benzene rings is 1. The van der Waals surface area contributed by atoms with Crippen molar-refractivity contribution in [1.82, 2.24) is 9.55 Å². The first-order chi connectivity index (χ1) is 16.7. The Morgan fingerprint density at radius 2 is 1.89 bits per heavy atom. The van der Waals surface area contributed by atoms with Crippen LogP contribution in [-0.4, -0.2) is 16.1 Å². The number of hydrogen-bond donors (Lipinski definition) is 0. The van der Waals surface area contributed by atoms with Gasteiger partial charge in [-0.1, -0.05) is 42.5 Å². The highest BCUT2D eigenvalue weighted by Crippen LogP contribution is 2.42. The Kier molecular flexibility index (Phi) is 6.44. The van der Waals surface area contributed by atoms with Crippen molar-refractivity contribution in [3.8, 4) is 0 Å². The molecular weight excluding hydrogens is 458 g/mol. The monoisotopic (exact) mass is 487 g/mol. The summed E-state index contributed by atoms with van der Waals surface area (Å²) < 4.78 is 14.1. The van der Waals surface area contributed by atoms with Crippen LogP contribution in [0.4, 0.5) is 5.69 Å². The number of anilines is 1. The van der Waals surface area contributed by atoms with Crippen LogP contribution in [0.25, 0.3) is 10.9 Å². The van der Waals surface area contributed by atoms with Crippen LogP contribution in [0.5, 0.6) is 0 Å². The lowest BCUT2D eigenvalue weighted by molar-refractivity contribution is 0.227. The summed E-state index contributed by atoms with van der Waals surface area (Å²) in [5, 5.41) is 1.19. The third kappa shape index (κ3) is 4.04. The van der Waals surface area contributed by atoms with E-state index in [1.54, 1.807) is 18.8 Å². The SMILES string of the molecule is Cc1c(C)n(C(C2=CC=CCC2)C2=COC=CO2)c2c(N3CCc4ccccc4C3)cncc12.Cl. The molecule has 1 aromatic carbocycles. The second-order valence-corrected chi connectivity index (χ2v) is 9.23. The van der Waals surface area contributed by atoms with Crippen LogP contribution in [-0.2, 0) is 22.4 Å². The quantitative estimate of drug-likeness (QED) is 0.405. The molecule has 6 rings (SSSR count). The van der Waals surface area contributed by atoms with Crippen molar-refractivity contribution in [2.45, 2.75) is 45.7 Å². The summed E-state index contributed by atoms with van der Waals surface area (Å²) in [6, 6.07) is 8.70. The molecule has 180 valence electrons. The smallest absolute Gasteiger partial charge is 0.165 e. The van der Waals surface area contributed by atoms with Crippen LogP contribution >= 0.6 is 12.4 Å². The number of rotatable bonds is 4. The zero-order chi connectivity index (χ0) is 23.1. The highest BCUT2D eigenvalue weighted by Gasteiger charge is 2.30. The zero-order valence-electron chi connectivity index (χ0n) is 20.1. The minimum atomic E-state index is -0.0793. The summed E-state index contributed by atoms with van der Waals surface area (Å²) in [5.41, 5.74) is 9.03. The molecule has 1 aliphatic carbocycles. The zero-order valence-corrected chi connectivity index (χ0v) is 20.9. The second-order valence-electron chi connectivity index (χ2n) is 9.23. The molecule has 1 atom stereocenters. The van der Waals surface area contributed by atoms with E-state index < -0.39 is 0 Å². The molecule has 0 fully saturated rings. The van der Waals surface area contributed by atoms with Gasteiger partial charge in [0, 0.05) is 30.4 Å². The molecule has 2 aromatic heterocycles. The molecule has 4 heterocycles. The normalized spacial score (nSPS) is 17.6. The van der Waals surface area contributed by atoms with E-state index >= 15 is 0 Å². The van der Waals surface area contributed by atoms with Crippen molar-refractivity contribution in [1.29, 1.82) is 0 Å². The van der Waals surface area contributed by atoms with Crippen LogP contribution in [0.1, 0.15) is 41.3 Å². The van der Waals surface area contributed by atoms with Gasteiger partial charge in [-0.3, -0.25) is 4.98 Å². The summed E-state index contributed by atoms with van der Waals surface area (Å²) in [4.78, 5) is 7.16. The van der Waals surface area contributed by atoms with Gasteiger partial charge in [-0.25, -0.2) is 0 Å². The maximum absolute atomic E-state index is 6.03. The van der Waals surface area contributed by atoms with Crippen LogP contribution in [0, 0.1) is 13.8 Å². The van der Waals surface area contributed by atoms with Gasteiger partial charge in [-0.05, 0) is 55.4 Å². The largest absolute Gasteiger partial charge is 0.466 e. The van der Waals surface area contributed by atoms with Gasteiger partial charge in [0.05, 0.1) is 17.4 Å². The van der Waals surface area contributed by atoms with E-state index in [2.05, 4.69) is 70.8 Å². The van der Waals surface area contributed by atoms with E-state index in [1.807, 2.05) is 12.4 Å². The van der Waals surface area contributed by atoms with Gasteiger partial charge in [0.1, 0.15) is 24.8 Å². The first-order valence-electron chi connectivity index (χ1n) is 12.0. The molecule has 1 unspecified atom stereocenters. The summed E-state index contributed by atoms with van der Waals surface area (Å²) >= 11 is 0. The Hall–Kier alpha value is -3.44. The van der Waals surface area contributed by atoms with Crippen molar-refractivity contribution >= 4 is 29.0 Å². The molecule has 0 saturated heterocycles. The number of fused-ring (bicyclic) bond motifs is 2. The van der Waals surface area contributed by atoms with E-state index in [9.17, 15) is 0 Å². The summed E-state index contributed by atoms with van der Waals surface area (Å²) in [6.45, 7) is 6.27. The van der Waals surface area contributed by atoms with Gasteiger partial charge in [0.15, 0.2) is 5.76 Å². The first-order valence-corrected chi connectivity index (χ1v) is 12.0. The van der Waals surface area contributed by atoms with Crippen molar-refractivity contribution in [2.24, 2.45) is 0 Å². The predicted molar refractivity (Wildman–Crippen MR) is 143 cm³/mol. The van der Waals surface area contributed by atoms with Gasteiger partial charge in [0.2, 0.25) is 0 Å².